The van der Waals surface area contributed by atoms with Crippen LogP contribution in [0.2, 0.25) is 0 Å². The van der Waals surface area contributed by atoms with Crippen LogP contribution in [0.1, 0.15) is 10.4 Å². The molecule has 5 nitrogen and oxygen atoms in total. The van der Waals surface area contributed by atoms with Crippen LogP contribution < -0.4 is 0 Å². The highest BCUT2D eigenvalue weighted by Gasteiger charge is 2.30. The second-order valence-corrected chi connectivity index (χ2v) is 4.55. The second-order valence-electron chi connectivity index (χ2n) is 4.07. The minimum absolute atomic E-state index is 0.266. The van der Waals surface area contributed by atoms with Crippen molar-refractivity contribution >= 4 is 18.6 Å². The molecule has 0 unspecified atom stereocenters. The number of aliphatic hydroxyl groups excluding tert-OH is 3. The van der Waals surface area contributed by atoms with Crippen LogP contribution in [0.4, 0.5) is 0 Å². The molecule has 0 radical (unpaired) electrons. The summed E-state index contributed by atoms with van der Waals surface area (Å²) in [5, 5.41) is 27.3. The lowest BCUT2D eigenvalue weighted by molar-refractivity contribution is -0.0442. The Balaban J connectivity index is 2.69. The van der Waals surface area contributed by atoms with Gasteiger partial charge in [0.1, 0.15) is 6.61 Å². The van der Waals surface area contributed by atoms with E-state index in [2.05, 4.69) is 12.6 Å². The summed E-state index contributed by atoms with van der Waals surface area (Å²) in [6, 6.07) is 6.62. The van der Waals surface area contributed by atoms with Gasteiger partial charge in [0.25, 0.3) is 0 Å². The molecule has 0 heterocycles. The normalized spacial score (nSPS) is 11.3. The van der Waals surface area contributed by atoms with Gasteiger partial charge in [-0.1, -0.05) is 12.1 Å². The summed E-state index contributed by atoms with van der Waals surface area (Å²) in [5.74, 6) is -0.611. The van der Waals surface area contributed by atoms with Gasteiger partial charge in [-0.15, -0.1) is 12.6 Å². The van der Waals surface area contributed by atoms with Gasteiger partial charge >= 0.3 is 5.97 Å². The Bertz CT molecular complexity index is 395. The van der Waals surface area contributed by atoms with Crippen molar-refractivity contribution in [3.05, 3.63) is 29.8 Å². The van der Waals surface area contributed by atoms with Crippen molar-refractivity contribution in [2.24, 2.45) is 5.41 Å². The maximum atomic E-state index is 11.7. The number of esters is 1. The van der Waals surface area contributed by atoms with Gasteiger partial charge in [-0.25, -0.2) is 4.79 Å². The van der Waals surface area contributed by atoms with E-state index in [1.807, 2.05) is 0 Å². The molecule has 0 bridgehead atoms. The molecule has 0 fully saturated rings. The Hall–Kier alpha value is -1.08. The van der Waals surface area contributed by atoms with Crippen LogP contribution in [-0.2, 0) is 4.74 Å². The lowest BCUT2D eigenvalue weighted by atomic mass is 9.93. The first-order valence-electron chi connectivity index (χ1n) is 5.36. The van der Waals surface area contributed by atoms with Crippen molar-refractivity contribution < 1.29 is 24.9 Å². The van der Waals surface area contributed by atoms with Crippen molar-refractivity contribution in [3.8, 4) is 0 Å². The van der Waals surface area contributed by atoms with Gasteiger partial charge < -0.3 is 20.1 Å². The molecule has 6 heteroatoms. The molecule has 0 aromatic heterocycles. The van der Waals surface area contributed by atoms with Crippen LogP contribution in [0, 0.1) is 5.41 Å². The topological polar surface area (TPSA) is 87.0 Å². The van der Waals surface area contributed by atoms with Gasteiger partial charge in [-0.3, -0.25) is 0 Å². The van der Waals surface area contributed by atoms with Crippen molar-refractivity contribution in [3.63, 3.8) is 0 Å². The van der Waals surface area contributed by atoms with Crippen molar-refractivity contribution in [2.45, 2.75) is 4.90 Å². The number of thiol groups is 1. The van der Waals surface area contributed by atoms with Gasteiger partial charge in [-0.2, -0.15) is 0 Å². The largest absolute Gasteiger partial charge is 0.461 e. The highest BCUT2D eigenvalue weighted by molar-refractivity contribution is 7.80. The number of benzene rings is 1. The van der Waals surface area contributed by atoms with Gasteiger partial charge in [0.15, 0.2) is 0 Å². The van der Waals surface area contributed by atoms with E-state index in [9.17, 15) is 4.79 Å². The molecule has 1 rings (SSSR count). The molecule has 0 saturated heterocycles. The van der Waals surface area contributed by atoms with Crippen LogP contribution in [0.25, 0.3) is 0 Å². The summed E-state index contributed by atoms with van der Waals surface area (Å²) < 4.78 is 4.98. The van der Waals surface area contributed by atoms with E-state index >= 15 is 0 Å². The summed E-state index contributed by atoms with van der Waals surface area (Å²) >= 11 is 4.12. The van der Waals surface area contributed by atoms with Crippen LogP contribution in [0.5, 0.6) is 0 Å². The molecule has 3 N–H and O–H groups in total. The van der Waals surface area contributed by atoms with Gasteiger partial charge in [0, 0.05) is 4.90 Å². The first-order chi connectivity index (χ1) is 8.58. The fraction of sp³-hybridized carbons (Fsp3) is 0.417. The highest BCUT2D eigenvalue weighted by atomic mass is 32.1. The van der Waals surface area contributed by atoms with Crippen molar-refractivity contribution in [1.29, 1.82) is 0 Å². The first-order valence-corrected chi connectivity index (χ1v) is 5.81. The van der Waals surface area contributed by atoms with E-state index < -0.39 is 31.2 Å². The van der Waals surface area contributed by atoms with Gasteiger partial charge in [-0.05, 0) is 12.1 Å². The Morgan fingerprint density at radius 3 is 2.22 bits per heavy atom. The fourth-order valence-electron chi connectivity index (χ4n) is 1.23. The molecule has 0 aliphatic heterocycles. The lowest BCUT2D eigenvalue weighted by Crippen LogP contribution is -2.39. The van der Waals surface area contributed by atoms with Crippen LogP contribution in [0.3, 0.4) is 0 Å². The number of aliphatic hydroxyl groups is 3. The van der Waals surface area contributed by atoms with Crippen molar-refractivity contribution in [1.82, 2.24) is 0 Å². The summed E-state index contributed by atoms with van der Waals surface area (Å²) in [4.78, 5) is 12.2. The Morgan fingerprint density at radius 2 is 1.72 bits per heavy atom. The third-order valence-electron chi connectivity index (χ3n) is 2.64. The predicted octanol–water partition coefficient (Wildman–Crippen LogP) is 0.0954. The number of hydrogen-bond acceptors (Lipinski definition) is 6. The van der Waals surface area contributed by atoms with Gasteiger partial charge in [0.05, 0.1) is 30.8 Å². The average Bonchev–Trinajstić information content (AvgIpc) is 2.41. The predicted molar refractivity (Wildman–Crippen MR) is 67.7 cm³/mol. The molecule has 0 aliphatic carbocycles. The van der Waals surface area contributed by atoms with E-state index in [-0.39, 0.29) is 6.61 Å². The quantitative estimate of drug-likeness (QED) is 0.436. The minimum Gasteiger partial charge on any atom is -0.461 e. The zero-order valence-electron chi connectivity index (χ0n) is 9.74. The molecule has 0 spiro atoms. The van der Waals surface area contributed by atoms with E-state index in [1.165, 1.54) is 0 Å². The second kappa shape index (κ2) is 6.75. The van der Waals surface area contributed by atoms with Crippen LogP contribution in [-0.4, -0.2) is 47.7 Å². The maximum Gasteiger partial charge on any atom is 0.339 e. The maximum absolute atomic E-state index is 11.7. The SMILES string of the molecule is O=C(OCC(CO)(CO)CO)c1ccccc1S. The molecule has 18 heavy (non-hydrogen) atoms. The summed E-state index contributed by atoms with van der Waals surface area (Å²) in [6.07, 6.45) is 0. The standard InChI is InChI=1S/C12H16O5S/c13-5-12(6-14,7-15)8-17-11(16)9-3-1-2-4-10(9)18/h1-4,13-15,18H,5-8H2. The summed E-state index contributed by atoms with van der Waals surface area (Å²) in [6.45, 7) is -1.70. The Kier molecular flexibility index (Phi) is 5.61. The monoisotopic (exact) mass is 272 g/mol. The molecule has 100 valence electrons. The molecular formula is C12H16O5S. The molecule has 0 atom stereocenters. The number of hydrogen-bond donors (Lipinski definition) is 4. The molecular weight excluding hydrogens is 256 g/mol. The van der Waals surface area contributed by atoms with Crippen LogP contribution in [0.15, 0.2) is 29.2 Å². The highest BCUT2D eigenvalue weighted by Crippen LogP contribution is 2.18. The lowest BCUT2D eigenvalue weighted by Gasteiger charge is -2.26. The third kappa shape index (κ3) is 3.46. The number of carbonyl (C=O) groups is 1. The van der Waals surface area contributed by atoms with Gasteiger partial charge in [0.2, 0.25) is 0 Å². The number of rotatable bonds is 6. The zero-order valence-corrected chi connectivity index (χ0v) is 10.6. The van der Waals surface area contributed by atoms with E-state index in [1.54, 1.807) is 24.3 Å². The zero-order chi connectivity index (χ0) is 13.6. The summed E-state index contributed by atoms with van der Waals surface area (Å²) in [5.41, 5.74) is -0.926. The van der Waals surface area contributed by atoms with Crippen LogP contribution >= 0.6 is 12.6 Å². The third-order valence-corrected chi connectivity index (χ3v) is 3.03. The Morgan fingerprint density at radius 1 is 1.17 bits per heavy atom. The van der Waals surface area contributed by atoms with E-state index in [0.717, 1.165) is 0 Å². The fourth-order valence-corrected chi connectivity index (χ4v) is 1.48. The molecule has 1 aromatic carbocycles. The smallest absolute Gasteiger partial charge is 0.339 e. The molecule has 0 saturated carbocycles. The average molecular weight is 272 g/mol. The molecule has 0 amide bonds. The molecule has 0 aliphatic rings. The minimum atomic E-state index is -1.22. The van der Waals surface area contributed by atoms with E-state index in [0.29, 0.717) is 10.5 Å². The number of carbonyl (C=O) groups excluding carboxylic acids is 1. The Labute approximate surface area is 110 Å². The van der Waals surface area contributed by atoms with Crippen molar-refractivity contribution in [2.75, 3.05) is 26.4 Å². The number of ether oxygens (including phenoxy) is 1. The molecule has 1 aromatic rings. The van der Waals surface area contributed by atoms with E-state index in [4.69, 9.17) is 20.1 Å². The summed E-state index contributed by atoms with van der Waals surface area (Å²) in [7, 11) is 0. The first kappa shape index (κ1) is 15.0.